The smallest absolute Gasteiger partial charge is 0.147 e. The molecule has 0 amide bonds. The summed E-state index contributed by atoms with van der Waals surface area (Å²) < 4.78 is 22.1. The highest BCUT2D eigenvalue weighted by Crippen LogP contribution is 2.70. The lowest BCUT2D eigenvalue weighted by molar-refractivity contribution is 0.396. The van der Waals surface area contributed by atoms with E-state index in [2.05, 4.69) is 0 Å². The highest BCUT2D eigenvalue weighted by atomic mass is 32.2. The molecule has 3 rings (SSSR count). The summed E-state index contributed by atoms with van der Waals surface area (Å²) in [5, 5.41) is 0. The number of rotatable bonds is 5. The van der Waals surface area contributed by atoms with Crippen LogP contribution in [0.3, 0.4) is 0 Å². The van der Waals surface area contributed by atoms with Crippen LogP contribution >= 0.6 is 0 Å². The van der Waals surface area contributed by atoms with Crippen LogP contribution in [-0.2, 0) is 9.84 Å². The molecule has 98 valence electrons. The zero-order valence-electron chi connectivity index (χ0n) is 10.5. The third-order valence-electron chi connectivity index (χ3n) is 5.34. The Morgan fingerprint density at radius 3 is 2.35 bits per heavy atom. The van der Waals surface area contributed by atoms with Gasteiger partial charge in [-0.15, -0.1) is 0 Å². The van der Waals surface area contributed by atoms with Crippen LogP contribution in [0.1, 0.15) is 32.1 Å². The summed E-state index contributed by atoms with van der Waals surface area (Å²) in [4.78, 5) is 0. The highest BCUT2D eigenvalue weighted by Gasteiger charge is 2.65. The maximum atomic E-state index is 11.1. The highest BCUT2D eigenvalue weighted by molar-refractivity contribution is 7.90. The van der Waals surface area contributed by atoms with E-state index in [1.807, 2.05) is 0 Å². The predicted molar refractivity (Wildman–Crippen MR) is 68.2 cm³/mol. The summed E-state index contributed by atoms with van der Waals surface area (Å²) >= 11 is 0. The van der Waals surface area contributed by atoms with E-state index in [1.165, 1.54) is 25.5 Å². The van der Waals surface area contributed by atoms with Crippen molar-refractivity contribution in [1.29, 1.82) is 0 Å². The molecule has 0 spiro atoms. The van der Waals surface area contributed by atoms with Crippen molar-refractivity contribution in [2.45, 2.75) is 38.1 Å². The minimum absolute atomic E-state index is 0.259. The summed E-state index contributed by atoms with van der Waals surface area (Å²) in [5.41, 5.74) is 6.26. The average Bonchev–Trinajstić information content (AvgIpc) is 2.66. The maximum absolute atomic E-state index is 11.1. The monoisotopic (exact) mass is 257 g/mol. The first-order chi connectivity index (χ1) is 7.97. The zero-order chi connectivity index (χ0) is 12.2. The van der Waals surface area contributed by atoms with Gasteiger partial charge in [-0.2, -0.15) is 0 Å². The minimum atomic E-state index is -2.81. The van der Waals surface area contributed by atoms with E-state index in [9.17, 15) is 8.42 Å². The van der Waals surface area contributed by atoms with Gasteiger partial charge >= 0.3 is 0 Å². The van der Waals surface area contributed by atoms with Gasteiger partial charge in [-0.3, -0.25) is 0 Å². The van der Waals surface area contributed by atoms with Crippen molar-refractivity contribution in [2.24, 2.45) is 35.3 Å². The van der Waals surface area contributed by atoms with Crippen LogP contribution < -0.4 is 5.73 Å². The molecule has 0 aromatic carbocycles. The minimum Gasteiger partial charge on any atom is -0.327 e. The second kappa shape index (κ2) is 3.95. The summed E-state index contributed by atoms with van der Waals surface area (Å²) in [6.07, 6.45) is 7.26. The SMILES string of the molecule is CS(=O)(=O)CCCC(N)C1C2C3CCC(C3)C12. The Kier molecular flexibility index (Phi) is 2.78. The van der Waals surface area contributed by atoms with E-state index < -0.39 is 9.84 Å². The molecule has 4 heteroatoms. The number of hydrogen-bond donors (Lipinski definition) is 1. The second-order valence-corrected chi connectivity index (χ2v) is 8.76. The van der Waals surface area contributed by atoms with Gasteiger partial charge in [-0.05, 0) is 61.7 Å². The topological polar surface area (TPSA) is 60.2 Å². The van der Waals surface area contributed by atoms with Crippen LogP contribution in [0, 0.1) is 29.6 Å². The van der Waals surface area contributed by atoms with Gasteiger partial charge in [-0.25, -0.2) is 8.42 Å². The van der Waals surface area contributed by atoms with Crippen molar-refractivity contribution in [3.05, 3.63) is 0 Å². The van der Waals surface area contributed by atoms with Gasteiger partial charge in [0.1, 0.15) is 9.84 Å². The van der Waals surface area contributed by atoms with Crippen LogP contribution in [0.5, 0.6) is 0 Å². The van der Waals surface area contributed by atoms with Crippen molar-refractivity contribution < 1.29 is 8.42 Å². The molecular weight excluding hydrogens is 234 g/mol. The lowest BCUT2D eigenvalue weighted by Gasteiger charge is -2.15. The molecule has 0 heterocycles. The van der Waals surface area contributed by atoms with Crippen molar-refractivity contribution in [3.8, 4) is 0 Å². The molecule has 0 aromatic rings. The average molecular weight is 257 g/mol. The fourth-order valence-electron chi connectivity index (χ4n) is 4.74. The Morgan fingerprint density at radius 2 is 1.82 bits per heavy atom. The molecule has 3 nitrogen and oxygen atoms in total. The van der Waals surface area contributed by atoms with E-state index in [4.69, 9.17) is 5.73 Å². The number of sulfone groups is 1. The summed E-state index contributed by atoms with van der Waals surface area (Å²) in [6.45, 7) is 0. The molecule has 3 aliphatic rings. The quantitative estimate of drug-likeness (QED) is 0.810. The second-order valence-electron chi connectivity index (χ2n) is 6.50. The molecule has 3 fully saturated rings. The molecule has 3 saturated carbocycles. The van der Waals surface area contributed by atoms with Gasteiger partial charge in [0.25, 0.3) is 0 Å². The largest absolute Gasteiger partial charge is 0.327 e. The first-order valence-corrected chi connectivity index (χ1v) is 8.97. The first kappa shape index (κ1) is 12.0. The number of hydrogen-bond acceptors (Lipinski definition) is 3. The standard InChI is InChI=1S/C13H23NO2S/c1-17(15,16)6-2-3-10(14)13-11-8-4-5-9(7-8)12(11)13/h8-13H,2-7,14H2,1H3. The molecule has 0 saturated heterocycles. The van der Waals surface area contributed by atoms with Gasteiger partial charge in [0.15, 0.2) is 0 Å². The normalized spacial score (nSPS) is 44.7. The lowest BCUT2D eigenvalue weighted by atomic mass is 9.96. The maximum Gasteiger partial charge on any atom is 0.147 e. The van der Waals surface area contributed by atoms with Crippen LogP contribution in [0.4, 0.5) is 0 Å². The summed E-state index contributed by atoms with van der Waals surface area (Å²) in [7, 11) is -2.81. The fraction of sp³-hybridized carbons (Fsp3) is 1.00. The van der Waals surface area contributed by atoms with Crippen LogP contribution in [0.25, 0.3) is 0 Å². The predicted octanol–water partition coefficient (Wildman–Crippen LogP) is 1.43. The fourth-order valence-corrected chi connectivity index (χ4v) is 5.43. The van der Waals surface area contributed by atoms with Crippen molar-refractivity contribution in [3.63, 3.8) is 0 Å². The Hall–Kier alpha value is -0.0900. The van der Waals surface area contributed by atoms with Crippen molar-refractivity contribution in [1.82, 2.24) is 0 Å². The molecule has 2 bridgehead atoms. The van der Waals surface area contributed by atoms with Crippen LogP contribution in [0.15, 0.2) is 0 Å². The van der Waals surface area contributed by atoms with Gasteiger partial charge in [-0.1, -0.05) is 0 Å². The Bertz CT molecular complexity index is 390. The van der Waals surface area contributed by atoms with Crippen molar-refractivity contribution >= 4 is 9.84 Å². The molecule has 0 radical (unpaired) electrons. The third kappa shape index (κ3) is 2.14. The third-order valence-corrected chi connectivity index (χ3v) is 6.37. The zero-order valence-corrected chi connectivity index (χ0v) is 11.3. The van der Waals surface area contributed by atoms with Gasteiger partial charge < -0.3 is 5.73 Å². The Balaban J connectivity index is 1.48. The van der Waals surface area contributed by atoms with Crippen LogP contribution in [0.2, 0.25) is 0 Å². The Labute approximate surface area is 104 Å². The van der Waals surface area contributed by atoms with Gasteiger partial charge in [0.05, 0.1) is 0 Å². The lowest BCUT2D eigenvalue weighted by Crippen LogP contribution is -2.26. The Morgan fingerprint density at radius 1 is 1.24 bits per heavy atom. The van der Waals surface area contributed by atoms with Gasteiger partial charge in [0, 0.05) is 18.1 Å². The summed E-state index contributed by atoms with van der Waals surface area (Å²) in [6, 6.07) is 0.259. The number of nitrogens with two attached hydrogens (primary N) is 1. The molecular formula is C13H23NO2S. The van der Waals surface area contributed by atoms with E-state index in [-0.39, 0.29) is 6.04 Å². The molecule has 5 atom stereocenters. The molecule has 17 heavy (non-hydrogen) atoms. The van der Waals surface area contributed by atoms with E-state index in [1.54, 1.807) is 0 Å². The van der Waals surface area contributed by atoms with E-state index >= 15 is 0 Å². The molecule has 5 unspecified atom stereocenters. The summed E-state index contributed by atoms with van der Waals surface area (Å²) in [5.74, 6) is 4.81. The number of fused-ring (bicyclic) bond motifs is 5. The molecule has 0 aliphatic heterocycles. The molecule has 0 aromatic heterocycles. The molecule has 3 aliphatic carbocycles. The van der Waals surface area contributed by atoms with Gasteiger partial charge in [0.2, 0.25) is 0 Å². The van der Waals surface area contributed by atoms with E-state index in [0.717, 1.165) is 42.4 Å². The first-order valence-electron chi connectivity index (χ1n) is 6.90. The molecule has 2 N–H and O–H groups in total. The van der Waals surface area contributed by atoms with Crippen LogP contribution in [-0.4, -0.2) is 26.5 Å². The van der Waals surface area contributed by atoms with E-state index in [0.29, 0.717) is 5.75 Å². The van der Waals surface area contributed by atoms with Crippen molar-refractivity contribution in [2.75, 3.05) is 12.0 Å².